The molecule has 23 heavy (non-hydrogen) atoms. The third-order valence-electron chi connectivity index (χ3n) is 2.35. The van der Waals surface area contributed by atoms with Crippen LogP contribution in [0.2, 0.25) is 0 Å². The van der Waals surface area contributed by atoms with E-state index in [0.29, 0.717) is 25.6 Å². The van der Waals surface area contributed by atoms with Crippen LogP contribution in [0.1, 0.15) is 24.5 Å². The molecule has 11 heteroatoms. The van der Waals surface area contributed by atoms with Crippen LogP contribution in [0.4, 0.5) is 13.2 Å². The van der Waals surface area contributed by atoms with Gasteiger partial charge in [-0.1, -0.05) is 0 Å². The minimum atomic E-state index is -4.43. The summed E-state index contributed by atoms with van der Waals surface area (Å²) in [6.45, 7) is 4.83. The van der Waals surface area contributed by atoms with E-state index in [1.165, 1.54) is 6.92 Å². The number of guanidine groups is 1. The molecule has 1 aromatic rings. The van der Waals surface area contributed by atoms with Gasteiger partial charge < -0.3 is 16.0 Å². The zero-order valence-corrected chi connectivity index (χ0v) is 15.8. The van der Waals surface area contributed by atoms with Crippen LogP contribution < -0.4 is 16.0 Å². The molecule has 0 atom stereocenters. The number of hydrogen-bond donors (Lipinski definition) is 3. The Morgan fingerprint density at radius 2 is 1.96 bits per heavy atom. The van der Waals surface area contributed by atoms with Crippen molar-refractivity contribution in [3.8, 4) is 0 Å². The fourth-order valence-corrected chi connectivity index (χ4v) is 2.15. The van der Waals surface area contributed by atoms with E-state index in [2.05, 4.69) is 25.9 Å². The van der Waals surface area contributed by atoms with Crippen molar-refractivity contribution in [2.75, 3.05) is 19.6 Å². The highest BCUT2D eigenvalue weighted by atomic mass is 127. The molecule has 0 saturated heterocycles. The van der Waals surface area contributed by atoms with Crippen LogP contribution in [0.25, 0.3) is 0 Å². The number of thiazole rings is 1. The lowest BCUT2D eigenvalue weighted by molar-refractivity contribution is -0.140. The fourth-order valence-electron chi connectivity index (χ4n) is 1.42. The molecule has 0 aliphatic heterocycles. The summed E-state index contributed by atoms with van der Waals surface area (Å²) in [6.07, 6.45) is -4.43. The quantitative estimate of drug-likeness (QED) is 0.260. The van der Waals surface area contributed by atoms with Crippen LogP contribution in [-0.4, -0.2) is 36.5 Å². The van der Waals surface area contributed by atoms with Gasteiger partial charge >= 0.3 is 6.18 Å². The molecule has 6 nitrogen and oxygen atoms in total. The standard InChI is InChI=1S/C12H18F3N5OS.HI/c1-3-16-11(18-5-4-17-8(2)21)19-6-10-20-9(7-22-10)12(13,14)15;/h7H,3-6H2,1-2H3,(H,17,21)(H2,16,18,19);1H. The number of hydrogen-bond acceptors (Lipinski definition) is 4. The van der Waals surface area contributed by atoms with Gasteiger partial charge in [0.1, 0.15) is 5.01 Å². The van der Waals surface area contributed by atoms with Crippen molar-refractivity contribution in [3.63, 3.8) is 0 Å². The Labute approximate surface area is 153 Å². The summed E-state index contributed by atoms with van der Waals surface area (Å²) in [5.74, 6) is 0.322. The summed E-state index contributed by atoms with van der Waals surface area (Å²) in [4.78, 5) is 18.4. The van der Waals surface area contributed by atoms with E-state index in [9.17, 15) is 18.0 Å². The van der Waals surface area contributed by atoms with Crippen LogP contribution in [0, 0.1) is 0 Å². The van der Waals surface area contributed by atoms with Gasteiger partial charge in [-0.2, -0.15) is 13.2 Å². The number of rotatable bonds is 6. The first-order chi connectivity index (χ1) is 10.3. The summed E-state index contributed by atoms with van der Waals surface area (Å²) in [6, 6.07) is 0. The lowest BCUT2D eigenvalue weighted by Gasteiger charge is -2.10. The van der Waals surface area contributed by atoms with Gasteiger partial charge in [-0.05, 0) is 6.92 Å². The molecule has 3 N–H and O–H groups in total. The average Bonchev–Trinajstić information content (AvgIpc) is 2.89. The number of nitrogens with zero attached hydrogens (tertiary/aromatic N) is 2. The fraction of sp³-hybridized carbons (Fsp3) is 0.583. The molecule has 0 aliphatic carbocycles. The van der Waals surface area contributed by atoms with E-state index in [1.54, 1.807) is 0 Å². The Hall–Kier alpha value is -1.11. The zero-order chi connectivity index (χ0) is 16.6. The maximum absolute atomic E-state index is 12.4. The Kier molecular flexibility index (Phi) is 10.1. The first kappa shape index (κ1) is 21.9. The smallest absolute Gasteiger partial charge is 0.357 e. The minimum Gasteiger partial charge on any atom is -0.357 e. The Morgan fingerprint density at radius 1 is 1.30 bits per heavy atom. The zero-order valence-electron chi connectivity index (χ0n) is 12.7. The van der Waals surface area contributed by atoms with E-state index in [-0.39, 0.29) is 41.4 Å². The molecule has 0 saturated carbocycles. The Morgan fingerprint density at radius 3 is 2.48 bits per heavy atom. The monoisotopic (exact) mass is 465 g/mol. The molecule has 1 heterocycles. The molecule has 0 spiro atoms. The average molecular weight is 465 g/mol. The number of amides is 1. The predicted octanol–water partition coefficient (Wildman–Crippen LogP) is 1.97. The van der Waals surface area contributed by atoms with Crippen LogP contribution in [-0.2, 0) is 17.5 Å². The molecule has 0 aliphatic rings. The van der Waals surface area contributed by atoms with Crippen LogP contribution in [0.5, 0.6) is 0 Å². The number of carbonyl (C=O) groups excluding carboxylic acids is 1. The van der Waals surface area contributed by atoms with Gasteiger partial charge in [-0.3, -0.25) is 4.79 Å². The molecule has 1 amide bonds. The Balaban J connectivity index is 0.00000484. The van der Waals surface area contributed by atoms with E-state index in [4.69, 9.17) is 0 Å². The van der Waals surface area contributed by atoms with Gasteiger partial charge in [0.15, 0.2) is 11.7 Å². The van der Waals surface area contributed by atoms with Gasteiger partial charge in [-0.25, -0.2) is 9.98 Å². The summed E-state index contributed by atoms with van der Waals surface area (Å²) in [5, 5.41) is 9.80. The van der Waals surface area contributed by atoms with Gasteiger partial charge in [0.05, 0.1) is 6.54 Å². The number of alkyl halides is 3. The normalized spacial score (nSPS) is 11.6. The third-order valence-corrected chi connectivity index (χ3v) is 3.18. The molecule has 1 rings (SSSR count). The lowest BCUT2D eigenvalue weighted by atomic mass is 10.5. The Bertz CT molecular complexity index is 521. The van der Waals surface area contributed by atoms with E-state index in [0.717, 1.165) is 16.7 Å². The maximum atomic E-state index is 12.4. The predicted molar refractivity (Wildman–Crippen MR) is 94.0 cm³/mol. The summed E-state index contributed by atoms with van der Waals surface area (Å²) in [5.41, 5.74) is -0.897. The van der Waals surface area contributed by atoms with E-state index in [1.807, 2.05) is 6.92 Å². The molecule has 0 fully saturated rings. The molecule has 132 valence electrons. The van der Waals surface area contributed by atoms with Crippen LogP contribution in [0.3, 0.4) is 0 Å². The summed E-state index contributed by atoms with van der Waals surface area (Å²) in [7, 11) is 0. The molecule has 0 aromatic carbocycles. The van der Waals surface area contributed by atoms with Crippen molar-refractivity contribution >= 4 is 47.2 Å². The molecule has 0 unspecified atom stereocenters. The van der Waals surface area contributed by atoms with Crippen molar-refractivity contribution < 1.29 is 18.0 Å². The second-order valence-corrected chi connectivity index (χ2v) is 5.17. The topological polar surface area (TPSA) is 78.4 Å². The van der Waals surface area contributed by atoms with E-state index < -0.39 is 11.9 Å². The molecular weight excluding hydrogens is 446 g/mol. The van der Waals surface area contributed by atoms with E-state index >= 15 is 0 Å². The SMILES string of the molecule is CCNC(=NCc1nc(C(F)(F)F)cs1)NCCNC(C)=O.I. The van der Waals surface area contributed by atoms with Crippen molar-refractivity contribution in [2.45, 2.75) is 26.6 Å². The van der Waals surface area contributed by atoms with Crippen molar-refractivity contribution in [1.29, 1.82) is 0 Å². The lowest BCUT2D eigenvalue weighted by Crippen LogP contribution is -2.41. The molecule has 0 radical (unpaired) electrons. The minimum absolute atomic E-state index is 0. The summed E-state index contributed by atoms with van der Waals surface area (Å²) >= 11 is 0.918. The maximum Gasteiger partial charge on any atom is 0.434 e. The third kappa shape index (κ3) is 8.93. The van der Waals surface area contributed by atoms with Crippen LogP contribution in [0.15, 0.2) is 10.4 Å². The van der Waals surface area contributed by atoms with Crippen molar-refractivity contribution in [2.24, 2.45) is 4.99 Å². The molecular formula is C12H19F3IN5OS. The van der Waals surface area contributed by atoms with Gasteiger partial charge in [0.25, 0.3) is 0 Å². The second kappa shape index (κ2) is 10.6. The van der Waals surface area contributed by atoms with Crippen molar-refractivity contribution in [3.05, 3.63) is 16.1 Å². The first-order valence-corrected chi connectivity index (χ1v) is 7.49. The molecule has 1 aromatic heterocycles. The number of aliphatic imine (C=N–C) groups is 1. The number of aromatic nitrogens is 1. The number of halogens is 4. The van der Waals surface area contributed by atoms with Crippen molar-refractivity contribution in [1.82, 2.24) is 20.9 Å². The highest BCUT2D eigenvalue weighted by Crippen LogP contribution is 2.30. The highest BCUT2D eigenvalue weighted by Gasteiger charge is 2.33. The highest BCUT2D eigenvalue weighted by molar-refractivity contribution is 14.0. The van der Waals surface area contributed by atoms with Gasteiger partial charge in [0, 0.05) is 31.9 Å². The first-order valence-electron chi connectivity index (χ1n) is 6.61. The second-order valence-electron chi connectivity index (χ2n) is 4.23. The summed E-state index contributed by atoms with van der Waals surface area (Å²) < 4.78 is 37.3. The van der Waals surface area contributed by atoms with Gasteiger partial charge in [0.2, 0.25) is 5.91 Å². The largest absolute Gasteiger partial charge is 0.434 e. The van der Waals surface area contributed by atoms with Crippen LogP contribution >= 0.6 is 35.3 Å². The number of carbonyl (C=O) groups is 1. The molecule has 0 bridgehead atoms. The number of nitrogens with one attached hydrogen (secondary N) is 3. The van der Waals surface area contributed by atoms with Gasteiger partial charge in [-0.15, -0.1) is 35.3 Å².